The van der Waals surface area contributed by atoms with E-state index in [0.717, 1.165) is 0 Å². The van der Waals surface area contributed by atoms with E-state index in [2.05, 4.69) is 15.6 Å². The number of ether oxygens (including phenoxy) is 2. The van der Waals surface area contributed by atoms with Gasteiger partial charge in [0.25, 0.3) is 0 Å². The highest BCUT2D eigenvalue weighted by Crippen LogP contribution is 2.26. The van der Waals surface area contributed by atoms with Gasteiger partial charge in [-0.3, -0.25) is 0 Å². The van der Waals surface area contributed by atoms with Crippen molar-refractivity contribution in [3.05, 3.63) is 24.3 Å². The predicted octanol–water partition coefficient (Wildman–Crippen LogP) is 1.20. The summed E-state index contributed by atoms with van der Waals surface area (Å²) in [6, 6.07) is 7.38. The highest BCUT2D eigenvalue weighted by Gasteiger charge is 2.28. The molecule has 0 saturated carbocycles. The smallest absolute Gasteiger partial charge is 0.191 e. The zero-order chi connectivity index (χ0) is 18.3. The summed E-state index contributed by atoms with van der Waals surface area (Å²) >= 11 is 0. The molecular weight excluding hydrogens is 342 g/mol. The Morgan fingerprint density at radius 3 is 2.68 bits per heavy atom. The lowest BCUT2D eigenvalue weighted by atomic mass is 10.3. The Morgan fingerprint density at radius 2 is 2.08 bits per heavy atom. The first-order valence-electron chi connectivity index (χ1n) is 8.48. The summed E-state index contributed by atoms with van der Waals surface area (Å²) in [4.78, 5) is 4.51. The number of benzene rings is 1. The number of para-hydroxylation sites is 2. The van der Waals surface area contributed by atoms with Crippen molar-refractivity contribution in [3.63, 3.8) is 0 Å². The maximum absolute atomic E-state index is 11.6. The van der Waals surface area contributed by atoms with Crippen LogP contribution in [0.4, 0.5) is 0 Å². The van der Waals surface area contributed by atoms with Crippen LogP contribution in [0.2, 0.25) is 0 Å². The molecule has 2 rings (SSSR count). The summed E-state index contributed by atoms with van der Waals surface area (Å²) in [6.07, 6.45) is 0.457. The molecule has 2 atom stereocenters. The van der Waals surface area contributed by atoms with E-state index >= 15 is 0 Å². The van der Waals surface area contributed by atoms with E-state index in [0.29, 0.717) is 37.0 Å². The van der Waals surface area contributed by atoms with E-state index in [-0.39, 0.29) is 23.7 Å². The fourth-order valence-corrected chi connectivity index (χ4v) is 4.29. The minimum atomic E-state index is -2.92. The first-order valence-corrected chi connectivity index (χ1v) is 10.3. The van der Waals surface area contributed by atoms with Crippen LogP contribution in [0, 0.1) is 0 Å². The standard InChI is InChI=1S/C17H27N3O4S/c1-4-18-17(20-14-9-10-25(21,22)12-14)19-11-13(2)24-16-8-6-5-7-15(16)23-3/h5-8,13-14H,4,9-12H2,1-3H3,(H2,18,19,20). The van der Waals surface area contributed by atoms with E-state index in [9.17, 15) is 8.42 Å². The highest BCUT2D eigenvalue weighted by atomic mass is 32.2. The number of sulfone groups is 1. The molecule has 0 spiro atoms. The van der Waals surface area contributed by atoms with Crippen LogP contribution < -0.4 is 20.1 Å². The van der Waals surface area contributed by atoms with E-state index in [1.807, 2.05) is 38.1 Å². The van der Waals surface area contributed by atoms with Gasteiger partial charge in [0.1, 0.15) is 6.10 Å². The highest BCUT2D eigenvalue weighted by molar-refractivity contribution is 7.91. The first-order chi connectivity index (χ1) is 11.9. The molecule has 0 amide bonds. The topological polar surface area (TPSA) is 89.0 Å². The van der Waals surface area contributed by atoms with Crippen molar-refractivity contribution in [1.82, 2.24) is 10.6 Å². The molecule has 0 bridgehead atoms. The Labute approximate surface area is 149 Å². The molecule has 8 heteroatoms. The second kappa shape index (κ2) is 8.94. The average molecular weight is 369 g/mol. The Kier molecular flexibility index (Phi) is 6.92. The number of rotatable bonds is 7. The monoisotopic (exact) mass is 369 g/mol. The Bertz CT molecular complexity index is 691. The molecule has 1 saturated heterocycles. The zero-order valence-electron chi connectivity index (χ0n) is 15.0. The van der Waals surface area contributed by atoms with Gasteiger partial charge in [-0.15, -0.1) is 0 Å². The number of guanidine groups is 1. The van der Waals surface area contributed by atoms with Gasteiger partial charge in [-0.05, 0) is 32.4 Å². The largest absolute Gasteiger partial charge is 0.493 e. The fraction of sp³-hybridized carbons (Fsp3) is 0.588. The van der Waals surface area contributed by atoms with Crippen molar-refractivity contribution in [2.75, 3.05) is 31.7 Å². The Balaban J connectivity index is 1.93. The molecule has 1 aliphatic heterocycles. The van der Waals surface area contributed by atoms with Crippen LogP contribution >= 0.6 is 0 Å². The molecule has 1 fully saturated rings. The van der Waals surface area contributed by atoms with Crippen molar-refractivity contribution in [1.29, 1.82) is 0 Å². The molecular formula is C17H27N3O4S. The van der Waals surface area contributed by atoms with Gasteiger partial charge >= 0.3 is 0 Å². The number of nitrogens with one attached hydrogen (secondary N) is 2. The van der Waals surface area contributed by atoms with Gasteiger partial charge in [0.15, 0.2) is 27.3 Å². The van der Waals surface area contributed by atoms with Crippen LogP contribution in [0.25, 0.3) is 0 Å². The molecule has 0 aromatic heterocycles. The molecule has 2 unspecified atom stereocenters. The number of methoxy groups -OCH3 is 1. The molecule has 140 valence electrons. The molecule has 1 aromatic carbocycles. The first kappa shape index (κ1) is 19.4. The van der Waals surface area contributed by atoms with Crippen molar-refractivity contribution in [3.8, 4) is 11.5 Å². The van der Waals surface area contributed by atoms with Crippen LogP contribution in [0.1, 0.15) is 20.3 Å². The fourth-order valence-electron chi connectivity index (χ4n) is 2.61. The molecule has 1 aromatic rings. The molecule has 25 heavy (non-hydrogen) atoms. The van der Waals surface area contributed by atoms with Gasteiger partial charge in [0.2, 0.25) is 0 Å². The number of nitrogens with zero attached hydrogens (tertiary/aromatic N) is 1. The van der Waals surface area contributed by atoms with Crippen molar-refractivity contribution >= 4 is 15.8 Å². The van der Waals surface area contributed by atoms with Gasteiger partial charge in [0.05, 0.1) is 25.2 Å². The summed E-state index contributed by atoms with van der Waals surface area (Å²) in [7, 11) is -1.31. The quantitative estimate of drug-likeness (QED) is 0.555. The lowest BCUT2D eigenvalue weighted by Crippen LogP contribution is -2.44. The van der Waals surface area contributed by atoms with Gasteiger partial charge in [-0.1, -0.05) is 12.1 Å². The second-order valence-corrected chi connectivity index (χ2v) is 8.27. The third-order valence-corrected chi connectivity index (χ3v) is 5.59. The third kappa shape index (κ3) is 6.12. The molecule has 1 heterocycles. The Morgan fingerprint density at radius 1 is 1.36 bits per heavy atom. The van der Waals surface area contributed by atoms with Gasteiger partial charge in [-0.25, -0.2) is 13.4 Å². The van der Waals surface area contributed by atoms with Crippen LogP contribution in [0.5, 0.6) is 11.5 Å². The summed E-state index contributed by atoms with van der Waals surface area (Å²) in [5.41, 5.74) is 0. The molecule has 2 N–H and O–H groups in total. The average Bonchev–Trinajstić information content (AvgIpc) is 2.92. The normalized spacial score (nSPS) is 20.8. The molecule has 0 aliphatic carbocycles. The Hall–Kier alpha value is -1.96. The van der Waals surface area contributed by atoms with Crippen LogP contribution in [-0.2, 0) is 9.84 Å². The number of hydrogen-bond acceptors (Lipinski definition) is 5. The van der Waals surface area contributed by atoms with Crippen LogP contribution in [0.15, 0.2) is 29.3 Å². The van der Waals surface area contributed by atoms with Crippen molar-refractivity contribution < 1.29 is 17.9 Å². The number of aliphatic imine (C=N–C) groups is 1. The van der Waals surface area contributed by atoms with E-state index in [1.54, 1.807) is 7.11 Å². The summed E-state index contributed by atoms with van der Waals surface area (Å²) in [6.45, 7) is 5.04. The van der Waals surface area contributed by atoms with Crippen LogP contribution in [-0.4, -0.2) is 58.2 Å². The van der Waals surface area contributed by atoms with Gasteiger partial charge < -0.3 is 20.1 Å². The van der Waals surface area contributed by atoms with Crippen molar-refractivity contribution in [2.45, 2.75) is 32.4 Å². The van der Waals surface area contributed by atoms with Gasteiger partial charge in [0, 0.05) is 12.6 Å². The lowest BCUT2D eigenvalue weighted by Gasteiger charge is -2.18. The maximum atomic E-state index is 11.6. The lowest BCUT2D eigenvalue weighted by molar-refractivity contribution is 0.219. The SMILES string of the molecule is CCNC(=NCC(C)Oc1ccccc1OC)NC1CCS(=O)(=O)C1. The van der Waals surface area contributed by atoms with Crippen molar-refractivity contribution in [2.24, 2.45) is 4.99 Å². The molecule has 0 radical (unpaired) electrons. The van der Waals surface area contributed by atoms with E-state index in [1.165, 1.54) is 0 Å². The van der Waals surface area contributed by atoms with E-state index in [4.69, 9.17) is 9.47 Å². The summed E-state index contributed by atoms with van der Waals surface area (Å²) < 4.78 is 34.3. The third-order valence-electron chi connectivity index (χ3n) is 3.82. The predicted molar refractivity (Wildman–Crippen MR) is 99.3 cm³/mol. The second-order valence-electron chi connectivity index (χ2n) is 6.04. The summed E-state index contributed by atoms with van der Waals surface area (Å²) in [5.74, 6) is 2.36. The maximum Gasteiger partial charge on any atom is 0.191 e. The number of hydrogen-bond donors (Lipinski definition) is 2. The van der Waals surface area contributed by atoms with Gasteiger partial charge in [-0.2, -0.15) is 0 Å². The molecule has 1 aliphatic rings. The van der Waals surface area contributed by atoms with Crippen LogP contribution in [0.3, 0.4) is 0 Å². The zero-order valence-corrected chi connectivity index (χ0v) is 15.8. The minimum Gasteiger partial charge on any atom is -0.493 e. The minimum absolute atomic E-state index is 0.0896. The van der Waals surface area contributed by atoms with E-state index < -0.39 is 9.84 Å². The molecule has 7 nitrogen and oxygen atoms in total. The summed E-state index contributed by atoms with van der Waals surface area (Å²) in [5, 5.41) is 6.34.